The molecular formula is C7H9F2Hf. The molecule has 0 bridgehead atoms. The van der Waals surface area contributed by atoms with Crippen molar-refractivity contribution in [3.63, 3.8) is 0 Å². The Balaban J connectivity index is 0. The first-order valence-electron chi connectivity index (χ1n) is 2.94. The van der Waals surface area contributed by atoms with E-state index in [4.69, 9.17) is 0 Å². The van der Waals surface area contributed by atoms with Gasteiger partial charge in [-0.25, -0.2) is 0 Å². The van der Waals surface area contributed by atoms with E-state index in [2.05, 4.69) is 19.1 Å². The van der Waals surface area contributed by atoms with E-state index >= 15 is 0 Å². The molecule has 0 radical (unpaired) electrons. The van der Waals surface area contributed by atoms with Crippen molar-refractivity contribution in [1.29, 1.82) is 0 Å². The second-order valence-corrected chi connectivity index (χ2v) is 4.13. The number of halogens is 2. The van der Waals surface area contributed by atoms with Gasteiger partial charge in [0.2, 0.25) is 0 Å². The molecule has 1 rings (SSSR count). The zero-order valence-electron chi connectivity index (χ0n) is 5.82. The summed E-state index contributed by atoms with van der Waals surface area (Å²) in [6, 6.07) is 0. The molecule has 0 aromatic rings. The van der Waals surface area contributed by atoms with Crippen molar-refractivity contribution < 1.29 is 33.8 Å². The van der Waals surface area contributed by atoms with Crippen LogP contribution in [0.3, 0.4) is 0 Å². The summed E-state index contributed by atoms with van der Waals surface area (Å²) >= 11 is 1.26. The van der Waals surface area contributed by atoms with Gasteiger partial charge in [-0.05, 0) is 0 Å². The molecule has 1 aliphatic carbocycles. The molecule has 0 amide bonds. The minimum absolute atomic E-state index is 0. The Morgan fingerprint density at radius 3 is 2.30 bits per heavy atom. The topological polar surface area (TPSA) is 0 Å². The molecule has 0 fully saturated rings. The summed E-state index contributed by atoms with van der Waals surface area (Å²) in [5, 5.41) is 0. The summed E-state index contributed by atoms with van der Waals surface area (Å²) in [5.41, 5.74) is 1.59. The summed E-state index contributed by atoms with van der Waals surface area (Å²) in [5.74, 6) is 0. The molecule has 0 unspecified atom stereocenters. The Bertz CT molecular complexity index is 150. The molecule has 0 aliphatic heterocycles. The van der Waals surface area contributed by atoms with Gasteiger partial charge in [0, 0.05) is 0 Å². The van der Waals surface area contributed by atoms with Gasteiger partial charge in [0.1, 0.15) is 0 Å². The molecule has 0 N–H and O–H groups in total. The first-order chi connectivity index (χ1) is 3.84. The number of hydrogen-bond donors (Lipinski definition) is 0. The standard InChI is InChI=1S/C7H9.2FH.Hf/c1-2-7-5-3-4-6-7;;;/h3,5H,2,4H2,1H3;2*1H;/q;;;+2/p-2. The molecule has 0 nitrogen and oxygen atoms in total. The molecule has 55 valence electrons. The molecule has 0 heterocycles. The van der Waals surface area contributed by atoms with Crippen molar-refractivity contribution in [2.24, 2.45) is 0 Å². The van der Waals surface area contributed by atoms with Gasteiger partial charge in [-0.2, -0.15) is 0 Å². The van der Waals surface area contributed by atoms with E-state index in [9.17, 15) is 0 Å². The maximum Gasteiger partial charge on any atom is -1.00 e. The largest absolute Gasteiger partial charge is 1.00 e. The van der Waals surface area contributed by atoms with Crippen LogP contribution in [0.2, 0.25) is 0 Å². The Morgan fingerprint density at radius 2 is 2.10 bits per heavy atom. The molecule has 1 aliphatic rings. The number of rotatable bonds is 1. The van der Waals surface area contributed by atoms with Crippen LogP contribution < -0.4 is 9.41 Å². The molecule has 3 heteroatoms. The van der Waals surface area contributed by atoms with Gasteiger partial charge >= 0.3 is 65.2 Å². The number of allylic oxidation sites excluding steroid dienone is 4. The van der Waals surface area contributed by atoms with Crippen LogP contribution in [0.1, 0.15) is 19.8 Å². The second kappa shape index (κ2) is 5.96. The van der Waals surface area contributed by atoms with Crippen molar-refractivity contribution >= 4 is 0 Å². The van der Waals surface area contributed by atoms with Crippen LogP contribution in [0.4, 0.5) is 0 Å². The number of hydrogen-bond acceptors (Lipinski definition) is 0. The van der Waals surface area contributed by atoms with Crippen LogP contribution in [0.15, 0.2) is 21.1 Å². The third-order valence-electron chi connectivity index (χ3n) is 1.41. The summed E-state index contributed by atoms with van der Waals surface area (Å²) in [7, 11) is 0. The Labute approximate surface area is 74.7 Å². The first-order valence-corrected chi connectivity index (χ1v) is 4.74. The second-order valence-electron chi connectivity index (χ2n) is 1.96. The van der Waals surface area contributed by atoms with Gasteiger partial charge in [0.25, 0.3) is 0 Å². The summed E-state index contributed by atoms with van der Waals surface area (Å²) < 4.78 is 1.69. The first kappa shape index (κ1) is 12.8. The van der Waals surface area contributed by atoms with Gasteiger partial charge in [-0.15, -0.1) is 0 Å². The van der Waals surface area contributed by atoms with Crippen LogP contribution in [-0.4, -0.2) is 0 Å². The van der Waals surface area contributed by atoms with E-state index in [1.54, 1.807) is 8.90 Å². The molecule has 0 aromatic heterocycles. The van der Waals surface area contributed by atoms with E-state index in [1.807, 2.05) is 0 Å². The Morgan fingerprint density at radius 1 is 1.50 bits per heavy atom. The molecular weight excluding hydrogens is 301 g/mol. The maximum absolute atomic E-state index is 2.27. The SMILES string of the molecule is CCC1=[C]([Hf+2])CC=C1.[F-].[F-]. The molecule has 0 saturated heterocycles. The van der Waals surface area contributed by atoms with Crippen LogP contribution in [0.25, 0.3) is 0 Å². The van der Waals surface area contributed by atoms with Crippen molar-refractivity contribution in [2.75, 3.05) is 0 Å². The van der Waals surface area contributed by atoms with Gasteiger partial charge in [-0.3, -0.25) is 0 Å². The molecule has 0 spiro atoms. The summed E-state index contributed by atoms with van der Waals surface area (Å²) in [6.45, 7) is 2.23. The normalized spacial score (nSPS) is 14.7. The quantitative estimate of drug-likeness (QED) is 0.436. The van der Waals surface area contributed by atoms with Crippen LogP contribution in [-0.2, 0) is 24.4 Å². The van der Waals surface area contributed by atoms with Gasteiger partial charge < -0.3 is 9.41 Å². The molecule has 0 atom stereocenters. The van der Waals surface area contributed by atoms with Gasteiger partial charge in [0.05, 0.1) is 0 Å². The fourth-order valence-electron chi connectivity index (χ4n) is 0.882. The zero-order chi connectivity index (χ0) is 5.98. The molecule has 0 aromatic carbocycles. The van der Waals surface area contributed by atoms with Crippen molar-refractivity contribution in [3.8, 4) is 0 Å². The maximum atomic E-state index is 2.27. The summed E-state index contributed by atoms with van der Waals surface area (Å²) in [6.07, 6.45) is 7.01. The minimum atomic E-state index is 0. The van der Waals surface area contributed by atoms with Crippen LogP contribution in [0.5, 0.6) is 0 Å². The van der Waals surface area contributed by atoms with Crippen LogP contribution >= 0.6 is 0 Å². The average molecular weight is 310 g/mol. The predicted octanol–water partition coefficient (Wildman–Crippen LogP) is -3.83. The van der Waals surface area contributed by atoms with Crippen LogP contribution in [0, 0.1) is 0 Å². The fraction of sp³-hybridized carbons (Fsp3) is 0.429. The smallest absolute Gasteiger partial charge is 1.00 e. The monoisotopic (exact) mass is 311 g/mol. The van der Waals surface area contributed by atoms with Crippen molar-refractivity contribution in [3.05, 3.63) is 21.1 Å². The van der Waals surface area contributed by atoms with Gasteiger partial charge in [0.15, 0.2) is 0 Å². The van der Waals surface area contributed by atoms with Gasteiger partial charge in [-0.1, -0.05) is 0 Å². The van der Waals surface area contributed by atoms with E-state index < -0.39 is 0 Å². The minimum Gasteiger partial charge on any atom is -1.00 e. The molecule has 0 saturated carbocycles. The Hall–Kier alpha value is 0.210. The molecule has 10 heavy (non-hydrogen) atoms. The average Bonchev–Trinajstić information content (AvgIpc) is 2.14. The van der Waals surface area contributed by atoms with E-state index in [1.165, 1.54) is 37.2 Å². The third-order valence-corrected chi connectivity index (χ3v) is 3.30. The van der Waals surface area contributed by atoms with E-state index in [0.717, 1.165) is 0 Å². The Kier molecular flexibility index (Phi) is 7.65. The summed E-state index contributed by atoms with van der Waals surface area (Å²) in [4.78, 5) is 0. The zero-order valence-corrected chi connectivity index (χ0v) is 9.42. The third kappa shape index (κ3) is 2.86. The fourth-order valence-corrected chi connectivity index (χ4v) is 2.24. The van der Waals surface area contributed by atoms with E-state index in [0.29, 0.717) is 0 Å². The van der Waals surface area contributed by atoms with E-state index in [-0.39, 0.29) is 9.41 Å². The van der Waals surface area contributed by atoms with Crippen molar-refractivity contribution in [2.45, 2.75) is 19.8 Å². The van der Waals surface area contributed by atoms with Crippen molar-refractivity contribution in [1.82, 2.24) is 0 Å². The predicted molar refractivity (Wildman–Crippen MR) is 31.1 cm³/mol.